The van der Waals surface area contributed by atoms with E-state index in [1.165, 1.54) is 16.2 Å². The molecular formula is C24H21N5O3S2. The van der Waals surface area contributed by atoms with Crippen LogP contribution in [0.3, 0.4) is 0 Å². The standard InChI is InChI=1S/C24H21N5O3S2/c30-19(14-33-24-29-28-22(32-24)17-11-6-7-13-25-17)27-23-20(16-10-4-5-12-18(16)34-23)21(31)26-15-8-2-1-3-9-15/h1-3,6-9,11,13H,4-5,10,12,14H2,(H,26,31)(H,27,30). The molecule has 0 saturated heterocycles. The molecule has 3 heterocycles. The fourth-order valence-electron chi connectivity index (χ4n) is 3.76. The van der Waals surface area contributed by atoms with Gasteiger partial charge in [0, 0.05) is 16.8 Å². The SMILES string of the molecule is O=C(CSc1nnc(-c2ccccn2)o1)Nc1sc2c(c1C(=O)Nc1ccccc1)CCCC2. The van der Waals surface area contributed by atoms with Crippen LogP contribution < -0.4 is 10.6 Å². The molecule has 2 amide bonds. The van der Waals surface area contributed by atoms with E-state index in [4.69, 9.17) is 4.42 Å². The number of benzene rings is 1. The Morgan fingerprint density at radius 1 is 1.00 bits per heavy atom. The fourth-order valence-corrected chi connectivity index (χ4v) is 5.63. The molecule has 0 fully saturated rings. The van der Waals surface area contributed by atoms with E-state index in [-0.39, 0.29) is 22.8 Å². The predicted molar refractivity (Wildman–Crippen MR) is 132 cm³/mol. The van der Waals surface area contributed by atoms with Gasteiger partial charge in [0.15, 0.2) is 0 Å². The monoisotopic (exact) mass is 491 g/mol. The third kappa shape index (κ3) is 5.02. The van der Waals surface area contributed by atoms with Crippen molar-refractivity contribution < 1.29 is 14.0 Å². The van der Waals surface area contributed by atoms with Crippen molar-refractivity contribution in [3.05, 3.63) is 70.7 Å². The Morgan fingerprint density at radius 3 is 2.65 bits per heavy atom. The summed E-state index contributed by atoms with van der Waals surface area (Å²) in [4.78, 5) is 31.3. The van der Waals surface area contributed by atoms with Crippen molar-refractivity contribution in [1.29, 1.82) is 0 Å². The summed E-state index contributed by atoms with van der Waals surface area (Å²) >= 11 is 2.63. The molecular weight excluding hydrogens is 470 g/mol. The molecule has 4 aromatic rings. The van der Waals surface area contributed by atoms with Crippen LogP contribution in [0.25, 0.3) is 11.6 Å². The molecule has 0 aliphatic heterocycles. The van der Waals surface area contributed by atoms with E-state index in [0.29, 0.717) is 22.1 Å². The zero-order chi connectivity index (χ0) is 23.3. The molecule has 1 aromatic carbocycles. The van der Waals surface area contributed by atoms with E-state index in [2.05, 4.69) is 25.8 Å². The number of carbonyl (C=O) groups excluding carboxylic acids is 2. The van der Waals surface area contributed by atoms with E-state index < -0.39 is 0 Å². The second-order valence-corrected chi connectivity index (χ2v) is 9.69. The molecule has 0 bridgehead atoms. The third-order valence-electron chi connectivity index (χ3n) is 5.30. The molecule has 8 nitrogen and oxygen atoms in total. The van der Waals surface area contributed by atoms with E-state index in [0.717, 1.165) is 48.7 Å². The van der Waals surface area contributed by atoms with Crippen molar-refractivity contribution in [2.45, 2.75) is 30.9 Å². The average molecular weight is 492 g/mol. The highest BCUT2D eigenvalue weighted by Crippen LogP contribution is 2.38. The Balaban J connectivity index is 1.28. The van der Waals surface area contributed by atoms with Gasteiger partial charge < -0.3 is 15.1 Å². The first-order valence-corrected chi connectivity index (χ1v) is 12.7. The Labute approximate surface area is 204 Å². The van der Waals surface area contributed by atoms with Gasteiger partial charge in [-0.15, -0.1) is 21.5 Å². The number of thioether (sulfide) groups is 1. The summed E-state index contributed by atoms with van der Waals surface area (Å²) in [6, 6.07) is 14.7. The maximum absolute atomic E-state index is 13.2. The van der Waals surface area contributed by atoms with Gasteiger partial charge in [-0.2, -0.15) is 0 Å². The molecule has 0 atom stereocenters. The molecule has 3 aromatic heterocycles. The zero-order valence-corrected chi connectivity index (χ0v) is 19.7. The van der Waals surface area contributed by atoms with Gasteiger partial charge in [-0.1, -0.05) is 36.0 Å². The van der Waals surface area contributed by atoms with Gasteiger partial charge in [0.2, 0.25) is 5.91 Å². The zero-order valence-electron chi connectivity index (χ0n) is 18.1. The van der Waals surface area contributed by atoms with Crippen LogP contribution in [0.2, 0.25) is 0 Å². The average Bonchev–Trinajstić information content (AvgIpc) is 3.48. The smallest absolute Gasteiger partial charge is 0.277 e. The summed E-state index contributed by atoms with van der Waals surface area (Å²) in [6.45, 7) is 0. The first-order valence-electron chi connectivity index (χ1n) is 10.9. The number of rotatable bonds is 7. The number of nitrogens with one attached hydrogen (secondary N) is 2. The Hall–Kier alpha value is -3.50. The minimum absolute atomic E-state index is 0.0756. The van der Waals surface area contributed by atoms with Crippen LogP contribution >= 0.6 is 23.1 Å². The number of nitrogens with zero attached hydrogens (tertiary/aromatic N) is 3. The number of para-hydroxylation sites is 1. The van der Waals surface area contributed by atoms with Gasteiger partial charge in [-0.3, -0.25) is 14.6 Å². The van der Waals surface area contributed by atoms with Crippen LogP contribution in [-0.4, -0.2) is 32.7 Å². The van der Waals surface area contributed by atoms with Gasteiger partial charge in [-0.05, 0) is 55.5 Å². The van der Waals surface area contributed by atoms with Crippen molar-refractivity contribution in [3.63, 3.8) is 0 Å². The van der Waals surface area contributed by atoms with Crippen LogP contribution in [0.5, 0.6) is 0 Å². The Kier molecular flexibility index (Phi) is 6.68. The van der Waals surface area contributed by atoms with Crippen molar-refractivity contribution >= 4 is 45.6 Å². The lowest BCUT2D eigenvalue weighted by Crippen LogP contribution is -2.19. The minimum atomic E-state index is -0.241. The summed E-state index contributed by atoms with van der Waals surface area (Å²) in [5.41, 5.74) is 2.91. The summed E-state index contributed by atoms with van der Waals surface area (Å²) < 4.78 is 5.60. The van der Waals surface area contributed by atoms with E-state index in [1.807, 2.05) is 36.4 Å². The lowest BCUT2D eigenvalue weighted by atomic mass is 9.95. The molecule has 10 heteroatoms. The molecule has 1 aliphatic carbocycles. The summed E-state index contributed by atoms with van der Waals surface area (Å²) in [5, 5.41) is 14.7. The third-order valence-corrected chi connectivity index (χ3v) is 7.33. The van der Waals surface area contributed by atoms with E-state index in [9.17, 15) is 9.59 Å². The van der Waals surface area contributed by atoms with Crippen LogP contribution in [0.1, 0.15) is 33.6 Å². The molecule has 0 saturated carbocycles. The van der Waals surface area contributed by atoms with Gasteiger partial charge >= 0.3 is 0 Å². The van der Waals surface area contributed by atoms with Crippen molar-refractivity contribution in [2.75, 3.05) is 16.4 Å². The van der Waals surface area contributed by atoms with E-state index >= 15 is 0 Å². The van der Waals surface area contributed by atoms with Gasteiger partial charge in [-0.25, -0.2) is 0 Å². The second kappa shape index (κ2) is 10.2. The largest absolute Gasteiger partial charge is 0.410 e. The molecule has 0 unspecified atom stereocenters. The summed E-state index contributed by atoms with van der Waals surface area (Å²) in [6.07, 6.45) is 5.54. The molecule has 0 spiro atoms. The normalized spacial score (nSPS) is 12.7. The number of fused-ring (bicyclic) bond motifs is 1. The van der Waals surface area contributed by atoms with Crippen LogP contribution in [0, 0.1) is 0 Å². The minimum Gasteiger partial charge on any atom is -0.410 e. The van der Waals surface area contributed by atoms with Crippen molar-refractivity contribution in [3.8, 4) is 11.6 Å². The number of pyridine rings is 1. The molecule has 34 heavy (non-hydrogen) atoms. The molecule has 5 rings (SSSR count). The number of thiophene rings is 1. The number of carbonyl (C=O) groups is 2. The number of hydrogen-bond donors (Lipinski definition) is 2. The van der Waals surface area contributed by atoms with E-state index in [1.54, 1.807) is 18.3 Å². The lowest BCUT2D eigenvalue weighted by Gasteiger charge is -2.13. The number of amides is 2. The lowest BCUT2D eigenvalue weighted by molar-refractivity contribution is -0.113. The van der Waals surface area contributed by atoms with Gasteiger partial charge in [0.05, 0.1) is 11.3 Å². The maximum atomic E-state index is 13.2. The molecule has 1 aliphatic rings. The summed E-state index contributed by atoms with van der Waals surface area (Å²) in [7, 11) is 0. The summed E-state index contributed by atoms with van der Waals surface area (Å²) in [5.74, 6) is -0.0682. The topological polar surface area (TPSA) is 110 Å². The van der Waals surface area contributed by atoms with Gasteiger partial charge in [0.1, 0.15) is 10.7 Å². The number of aryl methyl sites for hydroxylation is 1. The molecule has 0 radical (unpaired) electrons. The van der Waals surface area contributed by atoms with Crippen LogP contribution in [-0.2, 0) is 17.6 Å². The number of aromatic nitrogens is 3. The quantitative estimate of drug-likeness (QED) is 0.348. The fraction of sp³-hybridized carbons (Fsp3) is 0.208. The number of anilines is 2. The Morgan fingerprint density at radius 2 is 1.82 bits per heavy atom. The van der Waals surface area contributed by atoms with Crippen molar-refractivity contribution in [1.82, 2.24) is 15.2 Å². The van der Waals surface area contributed by atoms with Crippen molar-refractivity contribution in [2.24, 2.45) is 0 Å². The highest BCUT2D eigenvalue weighted by Gasteiger charge is 2.26. The maximum Gasteiger partial charge on any atom is 0.277 e. The first-order chi connectivity index (χ1) is 16.7. The second-order valence-electron chi connectivity index (χ2n) is 7.66. The van der Waals surface area contributed by atoms with Crippen LogP contribution in [0.15, 0.2) is 64.4 Å². The highest BCUT2D eigenvalue weighted by molar-refractivity contribution is 7.99. The Bertz CT molecular complexity index is 1300. The van der Waals surface area contributed by atoms with Gasteiger partial charge in [0.25, 0.3) is 17.0 Å². The molecule has 2 N–H and O–H groups in total. The first kappa shape index (κ1) is 22.3. The highest BCUT2D eigenvalue weighted by atomic mass is 32.2. The predicted octanol–water partition coefficient (Wildman–Crippen LogP) is 5.06. The number of hydrogen-bond acceptors (Lipinski definition) is 8. The molecule has 172 valence electrons. The van der Waals surface area contributed by atoms with Crippen LogP contribution in [0.4, 0.5) is 10.7 Å².